The first-order valence-corrected chi connectivity index (χ1v) is 19.9. The highest BCUT2D eigenvalue weighted by molar-refractivity contribution is 5.98. The second-order valence-electron chi connectivity index (χ2n) is 16.0. The largest absolute Gasteiger partial charge is 0.391 e. The highest BCUT2D eigenvalue weighted by Crippen LogP contribution is 2.28. The topological polar surface area (TPSA) is 190 Å². The second-order valence-corrected chi connectivity index (χ2v) is 16.0. The Bertz CT molecular complexity index is 1850. The molecule has 7 amide bonds. The van der Waals surface area contributed by atoms with Crippen LogP contribution < -0.4 is 21.3 Å². The molecule has 2 aromatic rings. The summed E-state index contributed by atoms with van der Waals surface area (Å²) < 4.78 is 20.8. The van der Waals surface area contributed by atoms with Crippen molar-refractivity contribution in [3.63, 3.8) is 0 Å². The van der Waals surface area contributed by atoms with Gasteiger partial charge >= 0.3 is 6.03 Å². The zero-order chi connectivity index (χ0) is 41.0. The fourth-order valence-corrected chi connectivity index (χ4v) is 8.48. The number of carbonyl (C=O) groups is 6. The number of piperidine rings is 1. The van der Waals surface area contributed by atoms with Gasteiger partial charge in [-0.2, -0.15) is 0 Å². The Morgan fingerprint density at radius 1 is 0.930 bits per heavy atom. The van der Waals surface area contributed by atoms with Crippen LogP contribution in [0.2, 0.25) is 0 Å². The second kappa shape index (κ2) is 18.0. The fraction of sp³-hybridized carbons (Fsp3) is 0.561. The molecule has 0 unspecified atom stereocenters. The number of aliphatic hydroxyl groups excluding tert-OH is 1. The number of nitrogens with zero attached hydrogens (tertiary/aromatic N) is 3. The summed E-state index contributed by atoms with van der Waals surface area (Å²) in [4.78, 5) is 88.6. The summed E-state index contributed by atoms with van der Waals surface area (Å²) in [6.45, 7) is 7.62. The van der Waals surface area contributed by atoms with Gasteiger partial charge in [0.1, 0.15) is 36.0 Å². The van der Waals surface area contributed by atoms with Crippen LogP contribution in [0.25, 0.3) is 0 Å². The molecule has 2 aromatic carbocycles. The van der Waals surface area contributed by atoms with E-state index < -0.39 is 77.9 Å². The van der Waals surface area contributed by atoms with Crippen molar-refractivity contribution in [2.75, 3.05) is 31.6 Å². The number of fused-ring (bicyclic) bond motifs is 3. The van der Waals surface area contributed by atoms with E-state index >= 15 is 0 Å². The highest BCUT2D eigenvalue weighted by Gasteiger charge is 2.47. The van der Waals surface area contributed by atoms with E-state index in [9.17, 15) is 38.3 Å². The summed E-state index contributed by atoms with van der Waals surface area (Å²) in [6.07, 6.45) is 0.146. The van der Waals surface area contributed by atoms with Gasteiger partial charge in [-0.25, -0.2) is 9.18 Å². The molecular weight excluding hydrogens is 737 g/mol. The molecule has 57 heavy (non-hydrogen) atoms. The molecule has 4 fully saturated rings. The van der Waals surface area contributed by atoms with Gasteiger partial charge in [-0.1, -0.05) is 48.9 Å². The number of hydrogen-bond acceptors (Lipinski definition) is 8. The van der Waals surface area contributed by atoms with Gasteiger partial charge in [0.25, 0.3) is 0 Å². The monoisotopic (exact) mass is 791 g/mol. The van der Waals surface area contributed by atoms with E-state index in [1.54, 1.807) is 30.9 Å². The number of rotatable bonds is 6. The number of carbonyl (C=O) groups excluding carboxylic acids is 6. The Balaban J connectivity index is 1.33. The number of benzene rings is 2. The van der Waals surface area contributed by atoms with Crippen molar-refractivity contribution < 1.29 is 43.0 Å². The molecule has 5 N–H and O–H groups in total. The third-order valence-corrected chi connectivity index (χ3v) is 11.4. The van der Waals surface area contributed by atoms with Gasteiger partial charge < -0.3 is 45.8 Å². The average molecular weight is 792 g/mol. The molecule has 0 aliphatic carbocycles. The highest BCUT2D eigenvalue weighted by atomic mass is 19.1. The first-order chi connectivity index (χ1) is 27.2. The lowest BCUT2D eigenvalue weighted by atomic mass is 9.98. The van der Waals surface area contributed by atoms with Crippen molar-refractivity contribution in [3.05, 3.63) is 65.5 Å². The van der Waals surface area contributed by atoms with Gasteiger partial charge in [0, 0.05) is 32.5 Å². The number of aryl methyl sites for hydroxylation is 1. The number of aliphatic hydroxyl groups is 1. The zero-order valence-electron chi connectivity index (χ0n) is 32.9. The summed E-state index contributed by atoms with van der Waals surface area (Å²) in [7, 11) is 0. The molecule has 0 bridgehead atoms. The maximum atomic E-state index is 14.7. The van der Waals surface area contributed by atoms with Crippen molar-refractivity contribution in [3.8, 4) is 0 Å². The predicted molar refractivity (Wildman–Crippen MR) is 207 cm³/mol. The van der Waals surface area contributed by atoms with Crippen molar-refractivity contribution in [1.82, 2.24) is 30.7 Å². The lowest BCUT2D eigenvalue weighted by Gasteiger charge is -2.39. The van der Waals surface area contributed by atoms with Crippen LogP contribution in [-0.4, -0.2) is 130 Å². The van der Waals surface area contributed by atoms with Crippen molar-refractivity contribution >= 4 is 41.3 Å². The minimum atomic E-state index is -1.41. The molecular formula is C41H54FN7O8. The molecule has 308 valence electrons. The molecule has 4 aliphatic rings. The molecule has 6 rings (SSSR count). The minimum absolute atomic E-state index is 0.00548. The lowest BCUT2D eigenvalue weighted by molar-refractivity contribution is -0.153. The van der Waals surface area contributed by atoms with E-state index in [0.717, 1.165) is 5.56 Å². The van der Waals surface area contributed by atoms with Gasteiger partial charge in [-0.3, -0.25) is 24.0 Å². The first kappa shape index (κ1) is 41.5. The minimum Gasteiger partial charge on any atom is -0.391 e. The normalized spacial score (nSPS) is 29.2. The Morgan fingerprint density at radius 2 is 1.70 bits per heavy atom. The van der Waals surface area contributed by atoms with E-state index in [2.05, 4.69) is 21.3 Å². The number of amides is 7. The quantitative estimate of drug-likeness (QED) is 0.293. The molecule has 16 heteroatoms. The van der Waals surface area contributed by atoms with E-state index in [1.165, 1.54) is 28.0 Å². The number of hydrogen-bond donors (Lipinski definition) is 5. The van der Waals surface area contributed by atoms with E-state index in [-0.39, 0.29) is 56.1 Å². The average Bonchev–Trinajstić information content (AvgIpc) is 3.76. The van der Waals surface area contributed by atoms with Gasteiger partial charge in [0.05, 0.1) is 30.5 Å². The summed E-state index contributed by atoms with van der Waals surface area (Å²) in [5.41, 5.74) is 1.52. The van der Waals surface area contributed by atoms with Crippen LogP contribution in [0.5, 0.6) is 0 Å². The number of para-hydroxylation sites is 1. The number of anilines is 1. The van der Waals surface area contributed by atoms with Crippen LogP contribution in [0.4, 0.5) is 14.9 Å². The molecule has 0 spiro atoms. The van der Waals surface area contributed by atoms with Crippen LogP contribution in [0.3, 0.4) is 0 Å². The Kier molecular flexibility index (Phi) is 13.1. The lowest BCUT2D eigenvalue weighted by Crippen LogP contribution is -2.63. The third-order valence-electron chi connectivity index (χ3n) is 11.4. The zero-order valence-corrected chi connectivity index (χ0v) is 32.9. The molecule has 0 saturated carbocycles. The Labute approximate surface area is 332 Å². The fourth-order valence-electron chi connectivity index (χ4n) is 8.48. The summed E-state index contributed by atoms with van der Waals surface area (Å²) in [5, 5.41) is 21.6. The van der Waals surface area contributed by atoms with Crippen LogP contribution in [0.1, 0.15) is 64.0 Å². The Morgan fingerprint density at radius 3 is 2.46 bits per heavy atom. The van der Waals surface area contributed by atoms with Crippen LogP contribution in [0.15, 0.2) is 48.5 Å². The molecule has 15 nitrogen and oxygen atoms in total. The van der Waals surface area contributed by atoms with E-state index in [4.69, 9.17) is 4.74 Å². The summed E-state index contributed by atoms with van der Waals surface area (Å²) in [6, 6.07) is 6.12. The van der Waals surface area contributed by atoms with Gasteiger partial charge in [-0.05, 0) is 70.1 Å². The van der Waals surface area contributed by atoms with Crippen LogP contribution >= 0.6 is 0 Å². The predicted octanol–water partition coefficient (Wildman–Crippen LogP) is 1.86. The van der Waals surface area contributed by atoms with Gasteiger partial charge in [-0.15, -0.1) is 0 Å². The maximum Gasteiger partial charge on any atom is 0.319 e. The molecule has 4 aliphatic heterocycles. The number of ether oxygens (including phenoxy) is 1. The number of halogens is 1. The number of urea groups is 1. The summed E-state index contributed by atoms with van der Waals surface area (Å²) in [5.74, 6) is -3.25. The van der Waals surface area contributed by atoms with Crippen LogP contribution in [0, 0.1) is 18.7 Å². The smallest absolute Gasteiger partial charge is 0.319 e. The summed E-state index contributed by atoms with van der Waals surface area (Å²) >= 11 is 0. The standard InChI is InChI=1S/C41H54FN7O8/c1-23-10-9-11-27(16-23)18-32(45-41(56)44-31-13-6-5-12-30(31)42)36(51)46-35-26(4)57-22-28-17-24(2)20-48(28)38(53)25(3)43-37(52)33-14-7-8-15-47(33)39(54)34-19-29(50)21-49(34)40(35)55/h5-6,9-13,16,24-26,28-29,32-35,50H,7-8,14-15,17-22H2,1-4H3,(H,43,52)(H,46,51)(H2,44,45,56)/t24-,25+,26+,28+,29-,32+,33+,34+,35+/m1/s1. The first-order valence-electron chi connectivity index (χ1n) is 19.9. The SMILES string of the molecule is Cc1cccc(C[C@H](NC(=O)Nc2ccccc2F)C(=O)N[C@@H]2C(=O)N3C[C@H](O)C[C@H]3C(=O)N3CCCC[C@H]3C(=O)N[C@@H](C)C(=O)N3C[C@H](C)C[C@H]3CO[C@H]2C)c1. The molecule has 9 atom stereocenters. The maximum absolute atomic E-state index is 14.7. The molecule has 4 saturated heterocycles. The van der Waals surface area contributed by atoms with Gasteiger partial charge in [0.2, 0.25) is 29.5 Å². The Hall–Kier alpha value is -5.09. The third kappa shape index (κ3) is 9.72. The van der Waals surface area contributed by atoms with E-state index in [0.29, 0.717) is 37.8 Å². The van der Waals surface area contributed by atoms with Crippen molar-refractivity contribution in [2.24, 2.45) is 5.92 Å². The number of nitrogens with one attached hydrogen (secondary N) is 4. The molecule has 4 heterocycles. The molecule has 0 radical (unpaired) electrons. The van der Waals surface area contributed by atoms with Gasteiger partial charge in [0.15, 0.2) is 0 Å². The van der Waals surface area contributed by atoms with Crippen molar-refractivity contribution in [2.45, 2.75) is 115 Å². The van der Waals surface area contributed by atoms with Crippen molar-refractivity contribution in [1.29, 1.82) is 0 Å². The molecule has 0 aromatic heterocycles. The van der Waals surface area contributed by atoms with E-state index in [1.807, 2.05) is 32.0 Å². The van der Waals surface area contributed by atoms with Crippen LogP contribution in [-0.2, 0) is 35.1 Å².